The lowest BCUT2D eigenvalue weighted by molar-refractivity contribution is -0.123. The number of amides is 2. The number of aromatic nitrogens is 2. The van der Waals surface area contributed by atoms with Gasteiger partial charge in [-0.2, -0.15) is 10.4 Å². The standard InChI is InChI=1S/C20H17N5O3/c1-14-18(12-22-25(14)16-5-3-2-4-6-16)20(27)24-23-19(26)13-28-17-9-7-15(11-21)8-10-17/h2-10,12H,13H2,1H3,(H,23,26)(H,24,27). The minimum Gasteiger partial charge on any atom is -0.484 e. The van der Waals surface area contributed by atoms with Gasteiger partial charge in [0.05, 0.1) is 34.8 Å². The topological polar surface area (TPSA) is 109 Å². The van der Waals surface area contributed by atoms with E-state index >= 15 is 0 Å². The SMILES string of the molecule is Cc1c(C(=O)NNC(=O)COc2ccc(C#N)cc2)cnn1-c1ccccc1. The predicted molar refractivity (Wildman–Crippen MR) is 101 cm³/mol. The van der Waals surface area contributed by atoms with E-state index in [1.807, 2.05) is 36.4 Å². The Morgan fingerprint density at radius 3 is 2.50 bits per heavy atom. The summed E-state index contributed by atoms with van der Waals surface area (Å²) in [7, 11) is 0. The van der Waals surface area contributed by atoms with Crippen LogP contribution in [0.3, 0.4) is 0 Å². The number of carbonyl (C=O) groups is 2. The molecule has 8 heteroatoms. The second-order valence-electron chi connectivity index (χ2n) is 5.82. The lowest BCUT2D eigenvalue weighted by atomic mass is 10.2. The summed E-state index contributed by atoms with van der Waals surface area (Å²) < 4.78 is 6.95. The third-order valence-electron chi connectivity index (χ3n) is 3.92. The molecule has 2 aromatic carbocycles. The zero-order valence-corrected chi connectivity index (χ0v) is 15.0. The van der Waals surface area contributed by atoms with Gasteiger partial charge in [0.1, 0.15) is 5.75 Å². The summed E-state index contributed by atoms with van der Waals surface area (Å²) in [5, 5.41) is 13.0. The number of nitrogens with zero attached hydrogens (tertiary/aromatic N) is 3. The van der Waals surface area contributed by atoms with E-state index in [2.05, 4.69) is 16.0 Å². The van der Waals surface area contributed by atoms with Crippen LogP contribution in [-0.2, 0) is 4.79 Å². The molecule has 0 aliphatic rings. The van der Waals surface area contributed by atoms with Gasteiger partial charge in [0, 0.05) is 0 Å². The molecule has 3 aromatic rings. The smallest absolute Gasteiger partial charge is 0.276 e. The van der Waals surface area contributed by atoms with Gasteiger partial charge >= 0.3 is 0 Å². The molecule has 0 unspecified atom stereocenters. The fourth-order valence-corrected chi connectivity index (χ4v) is 2.47. The van der Waals surface area contributed by atoms with Crippen molar-refractivity contribution in [2.24, 2.45) is 0 Å². The van der Waals surface area contributed by atoms with Gasteiger partial charge in [0.2, 0.25) is 0 Å². The lowest BCUT2D eigenvalue weighted by Gasteiger charge is -2.09. The Morgan fingerprint density at radius 2 is 1.82 bits per heavy atom. The summed E-state index contributed by atoms with van der Waals surface area (Å²) in [6, 6.07) is 17.8. The van der Waals surface area contributed by atoms with E-state index in [-0.39, 0.29) is 6.61 Å². The highest BCUT2D eigenvalue weighted by molar-refractivity contribution is 5.96. The van der Waals surface area contributed by atoms with Crippen molar-refractivity contribution in [2.75, 3.05) is 6.61 Å². The average Bonchev–Trinajstić information content (AvgIpc) is 3.13. The Bertz CT molecular complexity index is 1020. The van der Waals surface area contributed by atoms with Gasteiger partial charge in [-0.15, -0.1) is 0 Å². The van der Waals surface area contributed by atoms with E-state index in [9.17, 15) is 9.59 Å². The summed E-state index contributed by atoms with van der Waals surface area (Å²) in [5.41, 5.74) is 6.96. The van der Waals surface area contributed by atoms with Gasteiger partial charge in [-0.3, -0.25) is 20.4 Å². The minimum atomic E-state index is -0.522. The highest BCUT2D eigenvalue weighted by Gasteiger charge is 2.15. The maximum Gasteiger partial charge on any atom is 0.276 e. The molecule has 0 aliphatic heterocycles. The van der Waals surface area contributed by atoms with Crippen molar-refractivity contribution < 1.29 is 14.3 Å². The lowest BCUT2D eigenvalue weighted by Crippen LogP contribution is -2.44. The van der Waals surface area contributed by atoms with Gasteiger partial charge in [-0.25, -0.2) is 4.68 Å². The third kappa shape index (κ3) is 4.34. The van der Waals surface area contributed by atoms with E-state index < -0.39 is 11.8 Å². The molecule has 140 valence electrons. The van der Waals surface area contributed by atoms with E-state index in [1.165, 1.54) is 6.20 Å². The van der Waals surface area contributed by atoms with Crippen LogP contribution in [0.1, 0.15) is 21.6 Å². The van der Waals surface area contributed by atoms with Crippen LogP contribution in [0.4, 0.5) is 0 Å². The summed E-state index contributed by atoms with van der Waals surface area (Å²) in [4.78, 5) is 24.2. The van der Waals surface area contributed by atoms with E-state index in [0.29, 0.717) is 22.6 Å². The molecular weight excluding hydrogens is 358 g/mol. The van der Waals surface area contributed by atoms with Crippen molar-refractivity contribution in [3.8, 4) is 17.5 Å². The number of hydrazine groups is 1. The molecule has 0 atom stereocenters. The highest BCUT2D eigenvalue weighted by atomic mass is 16.5. The number of carbonyl (C=O) groups excluding carboxylic acids is 2. The monoisotopic (exact) mass is 375 g/mol. The van der Waals surface area contributed by atoms with Crippen molar-refractivity contribution in [3.05, 3.63) is 77.6 Å². The first-order valence-electron chi connectivity index (χ1n) is 8.40. The molecule has 1 aromatic heterocycles. The molecule has 0 fully saturated rings. The fraction of sp³-hybridized carbons (Fsp3) is 0.100. The Labute approximate surface area is 161 Å². The quantitative estimate of drug-likeness (QED) is 0.662. The van der Waals surface area contributed by atoms with Crippen LogP contribution in [0.2, 0.25) is 0 Å². The minimum absolute atomic E-state index is 0.283. The molecule has 28 heavy (non-hydrogen) atoms. The van der Waals surface area contributed by atoms with Crippen molar-refractivity contribution >= 4 is 11.8 Å². The van der Waals surface area contributed by atoms with Crippen molar-refractivity contribution in [1.29, 1.82) is 5.26 Å². The number of para-hydroxylation sites is 1. The van der Waals surface area contributed by atoms with Crippen LogP contribution in [0.25, 0.3) is 5.69 Å². The molecule has 0 bridgehead atoms. The number of rotatable bonds is 5. The van der Waals surface area contributed by atoms with Gasteiger partial charge < -0.3 is 4.74 Å². The van der Waals surface area contributed by atoms with Crippen LogP contribution in [0.15, 0.2) is 60.8 Å². The molecule has 0 saturated carbocycles. The molecular formula is C20H17N5O3. The van der Waals surface area contributed by atoms with Crippen LogP contribution in [-0.4, -0.2) is 28.2 Å². The third-order valence-corrected chi connectivity index (χ3v) is 3.92. The first-order valence-corrected chi connectivity index (χ1v) is 8.40. The normalized spacial score (nSPS) is 10.0. The molecule has 0 aliphatic carbocycles. The Balaban J connectivity index is 1.53. The van der Waals surface area contributed by atoms with Gasteiger partial charge in [0.15, 0.2) is 6.61 Å². The predicted octanol–water partition coefficient (Wildman–Crippen LogP) is 1.89. The molecule has 2 N–H and O–H groups in total. The van der Waals surface area contributed by atoms with Gasteiger partial charge in [-0.1, -0.05) is 18.2 Å². The summed E-state index contributed by atoms with van der Waals surface area (Å²) in [5.74, 6) is -0.558. The van der Waals surface area contributed by atoms with Crippen LogP contribution in [0, 0.1) is 18.3 Å². The van der Waals surface area contributed by atoms with Crippen molar-refractivity contribution in [3.63, 3.8) is 0 Å². The summed E-state index contributed by atoms with van der Waals surface area (Å²) in [6.07, 6.45) is 1.44. The molecule has 2 amide bonds. The maximum absolute atomic E-state index is 12.3. The van der Waals surface area contributed by atoms with E-state index in [1.54, 1.807) is 35.9 Å². The first kappa shape index (κ1) is 18.7. The molecule has 0 radical (unpaired) electrons. The molecule has 1 heterocycles. The van der Waals surface area contributed by atoms with Crippen LogP contribution >= 0.6 is 0 Å². The largest absolute Gasteiger partial charge is 0.484 e. The molecule has 3 rings (SSSR count). The van der Waals surface area contributed by atoms with Crippen molar-refractivity contribution in [1.82, 2.24) is 20.6 Å². The van der Waals surface area contributed by atoms with E-state index in [0.717, 1.165) is 5.69 Å². The first-order chi connectivity index (χ1) is 13.6. The number of nitriles is 1. The second kappa shape index (κ2) is 8.51. The molecule has 0 spiro atoms. The average molecular weight is 375 g/mol. The Morgan fingerprint density at radius 1 is 1.11 bits per heavy atom. The molecule has 8 nitrogen and oxygen atoms in total. The number of hydrogen-bond donors (Lipinski definition) is 2. The summed E-state index contributed by atoms with van der Waals surface area (Å²) >= 11 is 0. The zero-order chi connectivity index (χ0) is 19.9. The van der Waals surface area contributed by atoms with Crippen molar-refractivity contribution in [2.45, 2.75) is 6.92 Å². The number of ether oxygens (including phenoxy) is 1. The second-order valence-corrected chi connectivity index (χ2v) is 5.82. The Kier molecular flexibility index (Phi) is 5.67. The van der Waals surface area contributed by atoms with E-state index in [4.69, 9.17) is 10.00 Å². The summed E-state index contributed by atoms with van der Waals surface area (Å²) in [6.45, 7) is 1.49. The van der Waals surface area contributed by atoms with Crippen LogP contribution in [0.5, 0.6) is 5.75 Å². The Hall–Kier alpha value is -4.12. The highest BCUT2D eigenvalue weighted by Crippen LogP contribution is 2.13. The van der Waals surface area contributed by atoms with Gasteiger partial charge in [-0.05, 0) is 43.3 Å². The number of nitrogens with one attached hydrogen (secondary N) is 2. The van der Waals surface area contributed by atoms with Gasteiger partial charge in [0.25, 0.3) is 11.8 Å². The zero-order valence-electron chi connectivity index (χ0n) is 15.0. The molecule has 0 saturated heterocycles. The maximum atomic E-state index is 12.3. The number of benzene rings is 2. The van der Waals surface area contributed by atoms with Crippen LogP contribution < -0.4 is 15.6 Å². The number of hydrogen-bond acceptors (Lipinski definition) is 5. The fourth-order valence-electron chi connectivity index (χ4n) is 2.47.